The Bertz CT molecular complexity index is 4630. The molecule has 5 aromatic heterocycles. The van der Waals surface area contributed by atoms with Crippen molar-refractivity contribution in [3.05, 3.63) is 255 Å². The van der Waals surface area contributed by atoms with Crippen molar-refractivity contribution < 1.29 is 30.4 Å². The van der Waals surface area contributed by atoms with Crippen LogP contribution in [0.4, 0.5) is 0 Å². The summed E-state index contributed by atoms with van der Waals surface area (Å²) < 4.78 is 18.3. The first-order valence-electron chi connectivity index (χ1n) is 24.9. The van der Waals surface area contributed by atoms with Crippen molar-refractivity contribution in [2.24, 2.45) is 7.05 Å². The zero-order valence-corrected chi connectivity index (χ0v) is 42.7. The van der Waals surface area contributed by atoms with E-state index in [2.05, 4.69) is 255 Å². The van der Waals surface area contributed by atoms with Gasteiger partial charge in [-0.05, 0) is 69.7 Å². The Morgan fingerprint density at radius 2 is 1.05 bits per heavy atom. The first-order chi connectivity index (χ1) is 36.7. The van der Waals surface area contributed by atoms with Gasteiger partial charge in [-0.15, -0.1) is 29.7 Å². The number of hydrogen-bond donors (Lipinski definition) is 0. The van der Waals surface area contributed by atoms with E-state index in [0.717, 1.165) is 111 Å². The normalized spacial score (nSPS) is 11.7. The van der Waals surface area contributed by atoms with Gasteiger partial charge in [0.15, 0.2) is 0 Å². The molecule has 10 aromatic carbocycles. The fraction of sp³-hybridized carbons (Fsp3) is 0.0149. The van der Waals surface area contributed by atoms with Gasteiger partial charge in [0.05, 0.1) is 38.8 Å². The number of aromatic nitrogens is 6. The minimum absolute atomic E-state index is 0. The van der Waals surface area contributed by atoms with E-state index in [4.69, 9.17) is 9.72 Å². The number of nitrogens with zero attached hydrogens (tertiary/aromatic N) is 6. The van der Waals surface area contributed by atoms with Crippen molar-refractivity contribution in [2.75, 3.05) is 0 Å². The number of ether oxygens (including phenoxy) is 1. The van der Waals surface area contributed by atoms with Crippen LogP contribution >= 0.6 is 0 Å². The second-order valence-electron chi connectivity index (χ2n) is 18.7. The van der Waals surface area contributed by atoms with Crippen LogP contribution in [0, 0.1) is 18.5 Å². The third-order valence-electron chi connectivity index (χ3n) is 14.6. The summed E-state index contributed by atoms with van der Waals surface area (Å²) in [5.41, 5.74) is 15.9. The maximum atomic E-state index is 6.89. The van der Waals surface area contributed by atoms with Gasteiger partial charge in [-0.25, -0.2) is 4.98 Å². The van der Waals surface area contributed by atoms with Gasteiger partial charge in [0.1, 0.15) is 5.82 Å². The Kier molecular flexibility index (Phi) is 10.5. The molecular formula is C67H42N6OPt-2. The molecule has 0 N–H and O–H groups in total. The fourth-order valence-corrected chi connectivity index (χ4v) is 11.6. The van der Waals surface area contributed by atoms with E-state index < -0.39 is 0 Å². The molecule has 358 valence electrons. The minimum atomic E-state index is 0. The molecule has 0 aliphatic heterocycles. The standard InChI is InChI=1S/C67H42N6O.Pt/c1-69-55-33-13-11-29-52(55)62-61-54-39-38-49(42-59(54)73(60-37-17-18-40-68-60)65(61)63-53-30-12-14-34-56(53)72(67(63)66(62)69)46-25-9-4-10-26-46)74-48-28-19-27-47(41-48)70-43-71(58-36-16-15-35-57(58)70)64-50(44-21-5-2-6-22-44)31-20-32-51(64)45-23-7-3-8-24-45;/h2-40H,1H3;/q-2;. The maximum absolute atomic E-state index is 6.89. The second kappa shape index (κ2) is 17.7. The third-order valence-corrected chi connectivity index (χ3v) is 14.6. The molecule has 7 nitrogen and oxygen atoms in total. The number of imidazole rings is 1. The summed E-state index contributed by atoms with van der Waals surface area (Å²) in [5, 5.41) is 6.87. The molecule has 0 saturated heterocycles. The van der Waals surface area contributed by atoms with Gasteiger partial charge in [0.2, 0.25) is 0 Å². The van der Waals surface area contributed by atoms with Crippen LogP contribution in [0.15, 0.2) is 237 Å². The Morgan fingerprint density at radius 1 is 0.453 bits per heavy atom. The molecule has 0 fully saturated rings. The quantitative estimate of drug-likeness (QED) is 0.112. The topological polar surface area (TPSA) is 45.7 Å². The van der Waals surface area contributed by atoms with Crippen LogP contribution < -0.4 is 9.30 Å². The van der Waals surface area contributed by atoms with Crippen molar-refractivity contribution in [3.63, 3.8) is 0 Å². The summed E-state index contributed by atoms with van der Waals surface area (Å²) in [6, 6.07) is 88.2. The fourth-order valence-electron chi connectivity index (χ4n) is 11.6. The number of para-hydroxylation sites is 6. The van der Waals surface area contributed by atoms with Crippen LogP contribution in [-0.4, -0.2) is 23.3 Å². The van der Waals surface area contributed by atoms with Crippen LogP contribution in [0.3, 0.4) is 0 Å². The largest absolute Gasteiger partial charge is 0.510 e. The SMILES string of the molecule is Cn1c2ccccc2c2c3c4ccc(Oc5[c-]c(-[n+]6[c-]n(-c7c(-c8ccccc8)cccc7-c7ccccc7)c7ccccc76)ccc5)[c-]c4n(-c4ccccn4)c3c3c4ccccc4n(-c4ccccc4)c3c21.[Pt]. The molecule has 0 atom stereocenters. The molecule has 0 unspecified atom stereocenters. The summed E-state index contributed by atoms with van der Waals surface area (Å²) in [6.45, 7) is 0. The number of hydrogen-bond acceptors (Lipinski definition) is 2. The first-order valence-corrected chi connectivity index (χ1v) is 24.9. The Labute approximate surface area is 446 Å². The van der Waals surface area contributed by atoms with Gasteiger partial charge in [-0.2, -0.15) is 18.2 Å². The second-order valence-corrected chi connectivity index (χ2v) is 18.7. The molecule has 0 bridgehead atoms. The summed E-state index contributed by atoms with van der Waals surface area (Å²) in [7, 11) is 2.20. The summed E-state index contributed by atoms with van der Waals surface area (Å²) >= 11 is 0. The average Bonchev–Trinajstić information content (AvgIpc) is 4.26. The number of benzene rings is 10. The van der Waals surface area contributed by atoms with Gasteiger partial charge in [-0.1, -0.05) is 169 Å². The van der Waals surface area contributed by atoms with E-state index in [1.165, 1.54) is 10.8 Å². The van der Waals surface area contributed by atoms with E-state index in [0.29, 0.717) is 11.5 Å². The van der Waals surface area contributed by atoms with E-state index in [-0.39, 0.29) is 21.1 Å². The van der Waals surface area contributed by atoms with E-state index in [1.54, 1.807) is 0 Å². The third kappa shape index (κ3) is 6.85. The van der Waals surface area contributed by atoms with Crippen LogP contribution in [0.2, 0.25) is 0 Å². The number of aryl methyl sites for hydroxylation is 1. The van der Waals surface area contributed by atoms with Gasteiger partial charge in [-0.3, -0.25) is 4.57 Å². The Hall–Kier alpha value is -9.29. The molecule has 15 aromatic rings. The van der Waals surface area contributed by atoms with E-state index >= 15 is 0 Å². The van der Waals surface area contributed by atoms with Crippen molar-refractivity contribution in [1.82, 2.24) is 23.3 Å². The predicted molar refractivity (Wildman–Crippen MR) is 299 cm³/mol. The molecule has 15 rings (SSSR count). The molecule has 0 amide bonds. The van der Waals surface area contributed by atoms with E-state index in [9.17, 15) is 0 Å². The molecule has 75 heavy (non-hydrogen) atoms. The molecular weight excluding hydrogens is 1100 g/mol. The smallest absolute Gasteiger partial charge is 0.268 e. The van der Waals surface area contributed by atoms with Crippen molar-refractivity contribution in [3.8, 4) is 56.6 Å². The van der Waals surface area contributed by atoms with Gasteiger partial charge in [0, 0.05) is 78.6 Å². The molecule has 5 heterocycles. The number of rotatable bonds is 8. The zero-order valence-electron chi connectivity index (χ0n) is 40.4. The number of pyridine rings is 1. The maximum Gasteiger partial charge on any atom is 0.268 e. The predicted octanol–water partition coefficient (Wildman–Crippen LogP) is 15.7. The monoisotopic (exact) mass is 1140 g/mol. The van der Waals surface area contributed by atoms with Crippen molar-refractivity contribution in [1.29, 1.82) is 0 Å². The minimum Gasteiger partial charge on any atom is -0.510 e. The van der Waals surface area contributed by atoms with Crippen molar-refractivity contribution >= 4 is 76.5 Å². The molecule has 8 heteroatoms. The van der Waals surface area contributed by atoms with Crippen LogP contribution in [0.1, 0.15) is 0 Å². The van der Waals surface area contributed by atoms with E-state index in [1.807, 2.05) is 30.5 Å². The first kappa shape index (κ1) is 44.4. The molecule has 0 saturated carbocycles. The molecule has 0 aliphatic rings. The molecule has 0 aliphatic carbocycles. The Balaban J connectivity index is 0.00000516. The van der Waals surface area contributed by atoms with Gasteiger partial charge in [0.25, 0.3) is 6.33 Å². The summed E-state index contributed by atoms with van der Waals surface area (Å²) in [4.78, 5) is 5.05. The van der Waals surface area contributed by atoms with Gasteiger partial charge < -0.3 is 23.0 Å². The zero-order chi connectivity index (χ0) is 48.9. The van der Waals surface area contributed by atoms with Crippen molar-refractivity contribution in [2.45, 2.75) is 0 Å². The number of fused-ring (bicyclic) bond motifs is 13. The van der Waals surface area contributed by atoms with Gasteiger partial charge >= 0.3 is 0 Å². The Morgan fingerprint density at radius 3 is 1.77 bits per heavy atom. The van der Waals surface area contributed by atoms with Crippen LogP contribution in [-0.2, 0) is 28.1 Å². The van der Waals surface area contributed by atoms with Crippen LogP contribution in [0.5, 0.6) is 11.5 Å². The summed E-state index contributed by atoms with van der Waals surface area (Å²) in [6.07, 6.45) is 5.66. The summed E-state index contributed by atoms with van der Waals surface area (Å²) in [5.74, 6) is 1.90. The molecule has 0 radical (unpaired) electrons. The van der Waals surface area contributed by atoms with Crippen LogP contribution in [0.25, 0.3) is 122 Å². The molecule has 0 spiro atoms. The average molecular weight is 1140 g/mol.